The van der Waals surface area contributed by atoms with Crippen LogP contribution in [-0.2, 0) is 6.54 Å². The third-order valence-electron chi connectivity index (χ3n) is 2.77. The number of anilines is 1. The molecule has 5 heteroatoms. The Morgan fingerprint density at radius 1 is 1.30 bits per heavy atom. The molecule has 1 aromatic heterocycles. The van der Waals surface area contributed by atoms with Crippen molar-refractivity contribution >= 4 is 34.5 Å². The smallest absolute Gasteiger partial charge is 0.254 e. The molecule has 1 amide bonds. The number of amides is 1. The summed E-state index contributed by atoms with van der Waals surface area (Å²) in [5.41, 5.74) is 6.89. The van der Waals surface area contributed by atoms with E-state index in [1.165, 1.54) is 11.3 Å². The van der Waals surface area contributed by atoms with Gasteiger partial charge < -0.3 is 10.6 Å². The molecule has 20 heavy (non-hydrogen) atoms. The molecule has 0 aliphatic carbocycles. The van der Waals surface area contributed by atoms with Gasteiger partial charge in [0.15, 0.2) is 0 Å². The minimum absolute atomic E-state index is 0.0468. The van der Waals surface area contributed by atoms with E-state index in [0.29, 0.717) is 24.3 Å². The van der Waals surface area contributed by atoms with Gasteiger partial charge in [0.25, 0.3) is 5.91 Å². The van der Waals surface area contributed by atoms with Gasteiger partial charge >= 0.3 is 0 Å². The molecule has 1 heterocycles. The van der Waals surface area contributed by atoms with Gasteiger partial charge in [-0.25, -0.2) is 0 Å². The monoisotopic (exact) mass is 306 g/mol. The normalized spacial score (nSPS) is 10.2. The van der Waals surface area contributed by atoms with Gasteiger partial charge in [0.05, 0.1) is 10.9 Å². The first-order chi connectivity index (χ1) is 9.60. The van der Waals surface area contributed by atoms with Crippen molar-refractivity contribution in [1.82, 2.24) is 4.90 Å². The van der Waals surface area contributed by atoms with E-state index in [1.54, 1.807) is 35.2 Å². The lowest BCUT2D eigenvalue weighted by atomic mass is 10.2. The minimum Gasteiger partial charge on any atom is -0.399 e. The predicted molar refractivity (Wildman–Crippen MR) is 85.1 cm³/mol. The summed E-state index contributed by atoms with van der Waals surface area (Å²) in [4.78, 5) is 15.2. The molecule has 0 unspecified atom stereocenters. The highest BCUT2D eigenvalue weighted by Gasteiger charge is 2.15. The van der Waals surface area contributed by atoms with Crippen LogP contribution in [0.15, 0.2) is 49.1 Å². The van der Waals surface area contributed by atoms with Crippen molar-refractivity contribution in [3.8, 4) is 0 Å². The van der Waals surface area contributed by atoms with Crippen LogP contribution in [-0.4, -0.2) is 17.4 Å². The highest BCUT2D eigenvalue weighted by atomic mass is 35.5. The number of nitrogen functional groups attached to an aromatic ring is 1. The second kappa shape index (κ2) is 6.59. The number of hydrogen-bond donors (Lipinski definition) is 1. The average molecular weight is 307 g/mol. The lowest BCUT2D eigenvalue weighted by Crippen LogP contribution is -2.30. The molecular formula is C15H15ClN2OS. The molecule has 0 bridgehead atoms. The van der Waals surface area contributed by atoms with Crippen LogP contribution in [0.2, 0.25) is 4.34 Å². The van der Waals surface area contributed by atoms with Crippen molar-refractivity contribution in [2.75, 3.05) is 12.3 Å². The fourth-order valence-corrected chi connectivity index (χ4v) is 2.91. The number of carbonyl (C=O) groups excluding carboxylic acids is 1. The number of nitrogens with two attached hydrogens (primary N) is 1. The molecular weight excluding hydrogens is 292 g/mol. The van der Waals surface area contributed by atoms with Crippen LogP contribution >= 0.6 is 22.9 Å². The van der Waals surface area contributed by atoms with Crippen LogP contribution in [0, 0.1) is 0 Å². The van der Waals surface area contributed by atoms with Gasteiger partial charge in [-0.05, 0) is 36.4 Å². The van der Waals surface area contributed by atoms with Crippen molar-refractivity contribution in [3.05, 3.63) is 63.8 Å². The first kappa shape index (κ1) is 14.6. The number of benzene rings is 1. The first-order valence-electron chi connectivity index (χ1n) is 6.10. The standard InChI is InChI=1S/C15H15ClN2OS/c1-2-9-18(10-13-7-8-14(16)20-13)15(19)11-3-5-12(17)6-4-11/h2-8H,1,9-10,17H2. The summed E-state index contributed by atoms with van der Waals surface area (Å²) in [5.74, 6) is -0.0468. The molecule has 2 aromatic rings. The zero-order valence-corrected chi connectivity index (χ0v) is 12.5. The summed E-state index contributed by atoms with van der Waals surface area (Å²) in [5, 5.41) is 0. The number of thiophene rings is 1. The molecule has 2 rings (SSSR count). The second-order valence-corrected chi connectivity index (χ2v) is 6.10. The summed E-state index contributed by atoms with van der Waals surface area (Å²) >= 11 is 7.39. The molecule has 0 spiro atoms. The fourth-order valence-electron chi connectivity index (χ4n) is 1.81. The van der Waals surface area contributed by atoms with E-state index in [4.69, 9.17) is 17.3 Å². The van der Waals surface area contributed by atoms with Gasteiger partial charge in [0.2, 0.25) is 0 Å². The summed E-state index contributed by atoms with van der Waals surface area (Å²) in [6.45, 7) is 4.71. The topological polar surface area (TPSA) is 46.3 Å². The number of nitrogens with zero attached hydrogens (tertiary/aromatic N) is 1. The first-order valence-corrected chi connectivity index (χ1v) is 7.29. The molecule has 0 aliphatic rings. The van der Waals surface area contributed by atoms with E-state index < -0.39 is 0 Å². The number of halogens is 1. The third kappa shape index (κ3) is 3.62. The molecule has 0 saturated heterocycles. The van der Waals surface area contributed by atoms with E-state index >= 15 is 0 Å². The molecule has 0 fully saturated rings. The van der Waals surface area contributed by atoms with E-state index in [1.807, 2.05) is 12.1 Å². The Hall–Kier alpha value is -1.78. The Bertz CT molecular complexity index is 607. The van der Waals surface area contributed by atoms with Gasteiger partial charge in [0.1, 0.15) is 0 Å². The van der Waals surface area contributed by atoms with E-state index in [0.717, 1.165) is 9.21 Å². The summed E-state index contributed by atoms with van der Waals surface area (Å²) in [7, 11) is 0. The molecule has 0 radical (unpaired) electrons. The lowest BCUT2D eigenvalue weighted by molar-refractivity contribution is 0.0764. The summed E-state index contributed by atoms with van der Waals surface area (Å²) in [6.07, 6.45) is 1.71. The highest BCUT2D eigenvalue weighted by Crippen LogP contribution is 2.23. The van der Waals surface area contributed by atoms with Crippen molar-refractivity contribution in [3.63, 3.8) is 0 Å². The van der Waals surface area contributed by atoms with Crippen LogP contribution < -0.4 is 5.73 Å². The van der Waals surface area contributed by atoms with E-state index in [-0.39, 0.29) is 5.91 Å². The van der Waals surface area contributed by atoms with Gasteiger partial charge in [-0.15, -0.1) is 17.9 Å². The van der Waals surface area contributed by atoms with Gasteiger partial charge in [-0.1, -0.05) is 17.7 Å². The number of carbonyl (C=O) groups is 1. The Morgan fingerprint density at radius 3 is 2.55 bits per heavy atom. The average Bonchev–Trinajstić information content (AvgIpc) is 2.84. The lowest BCUT2D eigenvalue weighted by Gasteiger charge is -2.20. The molecule has 2 N–H and O–H groups in total. The SMILES string of the molecule is C=CCN(Cc1ccc(Cl)s1)C(=O)c1ccc(N)cc1. The Balaban J connectivity index is 2.17. The zero-order chi connectivity index (χ0) is 14.5. The molecule has 3 nitrogen and oxygen atoms in total. The van der Waals surface area contributed by atoms with Crippen LogP contribution in [0.3, 0.4) is 0 Å². The maximum Gasteiger partial charge on any atom is 0.254 e. The van der Waals surface area contributed by atoms with Gasteiger partial charge in [0, 0.05) is 22.7 Å². The molecule has 0 atom stereocenters. The number of hydrogen-bond acceptors (Lipinski definition) is 3. The third-order valence-corrected chi connectivity index (χ3v) is 3.99. The Kier molecular flexibility index (Phi) is 4.82. The van der Waals surface area contributed by atoms with Crippen LogP contribution in [0.5, 0.6) is 0 Å². The van der Waals surface area contributed by atoms with Crippen molar-refractivity contribution in [1.29, 1.82) is 0 Å². The largest absolute Gasteiger partial charge is 0.399 e. The highest BCUT2D eigenvalue weighted by molar-refractivity contribution is 7.16. The summed E-state index contributed by atoms with van der Waals surface area (Å²) < 4.78 is 0.721. The fraction of sp³-hybridized carbons (Fsp3) is 0.133. The molecule has 104 valence electrons. The predicted octanol–water partition coefficient (Wildman–Crippen LogP) is 3.81. The van der Waals surface area contributed by atoms with Crippen LogP contribution in [0.4, 0.5) is 5.69 Å². The molecule has 0 aliphatic heterocycles. The maximum atomic E-state index is 12.5. The molecule has 1 aromatic carbocycles. The van der Waals surface area contributed by atoms with Crippen molar-refractivity contribution < 1.29 is 4.79 Å². The van der Waals surface area contributed by atoms with Crippen molar-refractivity contribution in [2.24, 2.45) is 0 Å². The second-order valence-electron chi connectivity index (χ2n) is 4.30. The maximum absolute atomic E-state index is 12.5. The van der Waals surface area contributed by atoms with Gasteiger partial charge in [-0.3, -0.25) is 4.79 Å². The van der Waals surface area contributed by atoms with E-state index in [2.05, 4.69) is 6.58 Å². The quantitative estimate of drug-likeness (QED) is 0.674. The van der Waals surface area contributed by atoms with Crippen molar-refractivity contribution in [2.45, 2.75) is 6.54 Å². The van der Waals surface area contributed by atoms with Crippen LogP contribution in [0.1, 0.15) is 15.2 Å². The van der Waals surface area contributed by atoms with E-state index in [9.17, 15) is 4.79 Å². The Labute approximate surface area is 127 Å². The minimum atomic E-state index is -0.0468. The Morgan fingerprint density at radius 2 is 2.00 bits per heavy atom. The van der Waals surface area contributed by atoms with Crippen LogP contribution in [0.25, 0.3) is 0 Å². The summed E-state index contributed by atoms with van der Waals surface area (Å²) in [6, 6.07) is 10.7. The zero-order valence-electron chi connectivity index (χ0n) is 10.9. The van der Waals surface area contributed by atoms with Gasteiger partial charge in [-0.2, -0.15) is 0 Å². The molecule has 0 saturated carbocycles. The number of rotatable bonds is 5.